The van der Waals surface area contributed by atoms with Crippen molar-refractivity contribution in [1.82, 2.24) is 0 Å². The number of alkyl halides is 1. The maximum Gasteiger partial charge on any atom is 0.103 e. The van der Waals surface area contributed by atoms with Crippen LogP contribution in [0.3, 0.4) is 0 Å². The zero-order valence-corrected chi connectivity index (χ0v) is 4.28. The normalized spacial score (nSPS) is 26.4. The molecule has 0 spiro atoms. The van der Waals surface area contributed by atoms with Gasteiger partial charge in [-0.25, -0.2) is 4.39 Å². The molecule has 0 aromatic carbocycles. The Morgan fingerprint density at radius 1 is 1.57 bits per heavy atom. The smallest absolute Gasteiger partial charge is 0.103 e. The second-order valence-electron chi connectivity index (χ2n) is 2.21. The molecule has 0 aromatic heterocycles. The van der Waals surface area contributed by atoms with E-state index in [0.29, 0.717) is 12.8 Å². The van der Waals surface area contributed by atoms with Gasteiger partial charge in [-0.15, -0.1) is 0 Å². The van der Waals surface area contributed by atoms with E-state index < -0.39 is 5.67 Å². The zero-order chi connectivity index (χ0) is 5.33. The molecule has 0 bridgehead atoms. The molecular formula is C5H8BF. The third-order valence-electron chi connectivity index (χ3n) is 1.62. The van der Waals surface area contributed by atoms with E-state index in [2.05, 4.69) is 0 Å². The van der Waals surface area contributed by atoms with Gasteiger partial charge in [0, 0.05) is 0 Å². The van der Waals surface area contributed by atoms with Crippen molar-refractivity contribution in [1.29, 1.82) is 0 Å². The van der Waals surface area contributed by atoms with E-state index >= 15 is 0 Å². The summed E-state index contributed by atoms with van der Waals surface area (Å²) in [5, 5.41) is 0. The lowest BCUT2D eigenvalue weighted by molar-refractivity contribution is 0.0865. The Labute approximate surface area is 44.5 Å². The van der Waals surface area contributed by atoms with Crippen LogP contribution in [-0.2, 0) is 0 Å². The van der Waals surface area contributed by atoms with Crippen molar-refractivity contribution in [2.75, 3.05) is 0 Å². The topological polar surface area (TPSA) is 0 Å². The first-order chi connectivity index (χ1) is 3.27. The molecule has 2 heteroatoms. The molecule has 0 aliphatic heterocycles. The van der Waals surface area contributed by atoms with Crippen molar-refractivity contribution >= 4 is 7.85 Å². The van der Waals surface area contributed by atoms with Crippen LogP contribution in [0.25, 0.3) is 0 Å². The molecule has 38 valence electrons. The van der Waals surface area contributed by atoms with Gasteiger partial charge in [0.1, 0.15) is 5.67 Å². The average Bonchev–Trinajstić information content (AvgIpc) is 1.61. The van der Waals surface area contributed by atoms with Crippen LogP contribution in [0.4, 0.5) is 4.39 Å². The molecule has 0 amide bonds. The van der Waals surface area contributed by atoms with Gasteiger partial charge in [0.2, 0.25) is 0 Å². The van der Waals surface area contributed by atoms with Crippen LogP contribution < -0.4 is 0 Å². The van der Waals surface area contributed by atoms with Crippen LogP contribution in [-0.4, -0.2) is 13.5 Å². The Hall–Kier alpha value is -0.00506. The highest BCUT2D eigenvalue weighted by atomic mass is 19.1. The predicted molar refractivity (Wildman–Crippen MR) is 28.3 cm³/mol. The van der Waals surface area contributed by atoms with Gasteiger partial charge in [-0.2, -0.15) is 0 Å². The van der Waals surface area contributed by atoms with Crippen LogP contribution in [0, 0.1) is 0 Å². The maximum atomic E-state index is 12.5. The van der Waals surface area contributed by atoms with Gasteiger partial charge in [0.25, 0.3) is 0 Å². The summed E-state index contributed by atoms with van der Waals surface area (Å²) in [5.41, 5.74) is -0.958. The van der Waals surface area contributed by atoms with Gasteiger partial charge in [0.15, 0.2) is 0 Å². The van der Waals surface area contributed by atoms with Crippen molar-refractivity contribution in [2.24, 2.45) is 0 Å². The van der Waals surface area contributed by atoms with Gasteiger partial charge in [-0.3, -0.25) is 0 Å². The molecule has 0 heterocycles. The fourth-order valence-corrected chi connectivity index (χ4v) is 0.765. The van der Waals surface area contributed by atoms with E-state index in [9.17, 15) is 4.39 Å². The van der Waals surface area contributed by atoms with Crippen molar-refractivity contribution in [2.45, 2.75) is 31.3 Å². The van der Waals surface area contributed by atoms with Crippen LogP contribution >= 0.6 is 0 Å². The minimum Gasteiger partial charge on any atom is -0.245 e. The van der Waals surface area contributed by atoms with Crippen molar-refractivity contribution in [3.05, 3.63) is 0 Å². The molecule has 1 rings (SSSR count). The lowest BCUT2D eigenvalue weighted by Gasteiger charge is -2.32. The molecule has 2 radical (unpaired) electrons. The van der Waals surface area contributed by atoms with Gasteiger partial charge >= 0.3 is 0 Å². The lowest BCUT2D eigenvalue weighted by atomic mass is 9.73. The second kappa shape index (κ2) is 1.50. The minimum atomic E-state index is -0.958. The standard InChI is InChI=1S/C5H8BF/c6-4-5(7)2-1-3-5/h1-4H2. The molecule has 0 saturated heterocycles. The summed E-state index contributed by atoms with van der Waals surface area (Å²) in [7, 11) is 5.09. The van der Waals surface area contributed by atoms with E-state index in [1.54, 1.807) is 0 Å². The van der Waals surface area contributed by atoms with E-state index in [0.717, 1.165) is 6.42 Å². The number of rotatable bonds is 1. The summed E-state index contributed by atoms with van der Waals surface area (Å²) < 4.78 is 12.5. The molecule has 0 nitrogen and oxygen atoms in total. The van der Waals surface area contributed by atoms with Crippen LogP contribution in [0.5, 0.6) is 0 Å². The molecule has 1 aliphatic carbocycles. The van der Waals surface area contributed by atoms with Crippen molar-refractivity contribution < 1.29 is 4.39 Å². The van der Waals surface area contributed by atoms with Gasteiger partial charge < -0.3 is 0 Å². The Morgan fingerprint density at radius 3 is 2.14 bits per heavy atom. The SMILES string of the molecule is [B]CC1(F)CCC1. The van der Waals surface area contributed by atoms with Crippen LogP contribution in [0.2, 0.25) is 6.32 Å². The van der Waals surface area contributed by atoms with Crippen LogP contribution in [0.1, 0.15) is 19.3 Å². The van der Waals surface area contributed by atoms with Crippen molar-refractivity contribution in [3.63, 3.8) is 0 Å². The predicted octanol–water partition coefficient (Wildman–Crippen LogP) is 1.47. The Bertz CT molecular complexity index is 63.0. The summed E-state index contributed by atoms with van der Waals surface area (Å²) in [6.45, 7) is 0. The van der Waals surface area contributed by atoms with Crippen molar-refractivity contribution in [3.8, 4) is 0 Å². The highest BCUT2D eigenvalue weighted by Crippen LogP contribution is 2.37. The summed E-state index contributed by atoms with van der Waals surface area (Å²) >= 11 is 0. The van der Waals surface area contributed by atoms with E-state index in [1.165, 1.54) is 0 Å². The second-order valence-corrected chi connectivity index (χ2v) is 2.21. The first-order valence-corrected chi connectivity index (χ1v) is 2.66. The summed E-state index contributed by atoms with van der Waals surface area (Å²) in [4.78, 5) is 0. The molecule has 1 aliphatic rings. The first kappa shape index (κ1) is 5.14. The Balaban J connectivity index is 2.29. The molecular weight excluding hydrogens is 89.9 g/mol. The van der Waals surface area contributed by atoms with Gasteiger partial charge in [-0.05, 0) is 19.3 Å². The minimum absolute atomic E-state index is 0.215. The zero-order valence-electron chi connectivity index (χ0n) is 4.28. The molecule has 1 fully saturated rings. The summed E-state index contributed by atoms with van der Waals surface area (Å²) in [6.07, 6.45) is 2.60. The molecule has 0 aromatic rings. The maximum absolute atomic E-state index is 12.5. The largest absolute Gasteiger partial charge is 0.245 e. The number of halogens is 1. The molecule has 7 heavy (non-hydrogen) atoms. The highest BCUT2D eigenvalue weighted by molar-refractivity contribution is 6.09. The summed E-state index contributed by atoms with van der Waals surface area (Å²) in [6, 6.07) is 0. The molecule has 0 N–H and O–H groups in total. The monoisotopic (exact) mass is 98.1 g/mol. The first-order valence-electron chi connectivity index (χ1n) is 2.66. The Kier molecular flexibility index (Phi) is 1.10. The van der Waals surface area contributed by atoms with E-state index in [4.69, 9.17) is 7.85 Å². The van der Waals surface area contributed by atoms with E-state index in [-0.39, 0.29) is 6.32 Å². The number of hydrogen-bond acceptors (Lipinski definition) is 0. The van der Waals surface area contributed by atoms with E-state index in [1.807, 2.05) is 0 Å². The molecule has 0 atom stereocenters. The van der Waals surface area contributed by atoms with Gasteiger partial charge in [0.05, 0.1) is 7.85 Å². The fourth-order valence-electron chi connectivity index (χ4n) is 0.765. The highest BCUT2D eigenvalue weighted by Gasteiger charge is 2.33. The Morgan fingerprint density at radius 2 is 2.14 bits per heavy atom. The molecule has 1 saturated carbocycles. The van der Waals surface area contributed by atoms with Crippen LogP contribution in [0.15, 0.2) is 0 Å². The molecule has 0 unspecified atom stereocenters. The number of hydrogen-bond donors (Lipinski definition) is 0. The third-order valence-corrected chi connectivity index (χ3v) is 1.62. The van der Waals surface area contributed by atoms with Gasteiger partial charge in [-0.1, -0.05) is 6.32 Å². The third kappa shape index (κ3) is 0.791. The summed E-state index contributed by atoms with van der Waals surface area (Å²) in [5.74, 6) is 0. The fraction of sp³-hybridized carbons (Fsp3) is 1.00. The lowest BCUT2D eigenvalue weighted by Crippen LogP contribution is -2.30. The average molecular weight is 97.9 g/mol. The quantitative estimate of drug-likeness (QED) is 0.435.